The zero-order valence-electron chi connectivity index (χ0n) is 5.32. The Kier molecular flexibility index (Phi) is 2.82. The van der Waals surface area contributed by atoms with E-state index in [2.05, 4.69) is 0 Å². The molecule has 8 heavy (non-hydrogen) atoms. The van der Waals surface area contributed by atoms with E-state index in [4.69, 9.17) is 4.74 Å². The van der Waals surface area contributed by atoms with Crippen LogP contribution in [0.5, 0.6) is 0 Å². The van der Waals surface area contributed by atoms with Gasteiger partial charge in [-0.15, -0.1) is 0 Å². The van der Waals surface area contributed by atoms with Crippen molar-refractivity contribution in [1.29, 1.82) is 0 Å². The van der Waals surface area contributed by atoms with Crippen molar-refractivity contribution in [3.8, 4) is 0 Å². The molecule has 2 nitrogen and oxygen atoms in total. The normalized spacial score (nSPS) is 11.0. The van der Waals surface area contributed by atoms with E-state index < -0.39 is 0 Å². The first-order valence-electron chi connectivity index (χ1n) is 2.36. The van der Waals surface area contributed by atoms with Gasteiger partial charge >= 0.3 is 62.8 Å². The average molecular weight is 224 g/mol. The Hall–Kier alpha value is 0.288. The van der Waals surface area contributed by atoms with E-state index in [0.29, 0.717) is 0 Å². The Labute approximate surface area is 63.1 Å². The summed E-state index contributed by atoms with van der Waals surface area (Å²) in [5.74, 6) is 0. The topological polar surface area (TPSA) is 26.3 Å². The maximum absolute atomic E-state index is 10.3. The van der Waals surface area contributed by atoms with Crippen LogP contribution in [0.2, 0.25) is 0 Å². The van der Waals surface area contributed by atoms with Crippen molar-refractivity contribution in [2.45, 2.75) is 26.4 Å². The fourth-order valence-electron chi connectivity index (χ4n) is 0.278. The number of carbonyl (C=O) groups is 1. The summed E-state index contributed by atoms with van der Waals surface area (Å²) in [4.78, 5) is 10.3. The molecule has 47 valence electrons. The fourth-order valence-corrected chi connectivity index (χ4v) is 1.15. The van der Waals surface area contributed by atoms with Crippen LogP contribution in [0, 0.1) is 0 Å². The van der Waals surface area contributed by atoms with E-state index in [1.165, 1.54) is 0 Å². The van der Waals surface area contributed by atoms with Crippen molar-refractivity contribution in [1.82, 2.24) is 0 Å². The summed E-state index contributed by atoms with van der Waals surface area (Å²) < 4.78 is 4.70. The number of hydrogen-bond acceptors (Lipinski definition) is 2. The van der Waals surface area contributed by atoms with E-state index in [0.717, 1.165) is 23.0 Å². The van der Waals surface area contributed by atoms with Gasteiger partial charge in [0.05, 0.1) is 0 Å². The Morgan fingerprint density at radius 2 is 1.88 bits per heavy atom. The average Bonchev–Trinajstić information content (AvgIpc) is 1.21. The molecule has 0 saturated carbocycles. The van der Waals surface area contributed by atoms with E-state index in [1.54, 1.807) is 0 Å². The molecule has 0 aliphatic heterocycles. The number of carbonyl (C=O) groups excluding carboxylic acids is 1. The quantitative estimate of drug-likeness (QED) is 0.569. The summed E-state index contributed by atoms with van der Waals surface area (Å²) in [6, 6.07) is 0. The van der Waals surface area contributed by atoms with Gasteiger partial charge in [0.15, 0.2) is 0 Å². The summed E-state index contributed by atoms with van der Waals surface area (Å²) in [5.41, 5.74) is -0.305. The predicted octanol–water partition coefficient (Wildman–Crippen LogP) is 0.822. The summed E-state index contributed by atoms with van der Waals surface area (Å²) >= 11 is 0.812. The number of rotatable bonds is 0. The monoisotopic (exact) mass is 223 g/mol. The second-order valence-corrected chi connectivity index (χ2v) is 3.67. The second kappa shape index (κ2) is 2.72. The van der Waals surface area contributed by atoms with E-state index in [-0.39, 0.29) is 9.52 Å². The van der Waals surface area contributed by atoms with Gasteiger partial charge in [0, 0.05) is 0 Å². The van der Waals surface area contributed by atoms with Crippen molar-refractivity contribution in [2.75, 3.05) is 0 Å². The van der Waals surface area contributed by atoms with Crippen molar-refractivity contribution in [2.24, 2.45) is 0 Å². The standard InChI is InChI=1S/C5H9O2.Sb.H/c1-5(2,3)7-4-6;;/h1-3H3;;. The molecule has 0 amide bonds. The molecule has 0 saturated heterocycles. The van der Waals surface area contributed by atoms with Crippen molar-refractivity contribution in [3.05, 3.63) is 0 Å². The predicted molar refractivity (Wildman–Crippen MR) is 33.4 cm³/mol. The Bertz CT molecular complexity index is 93.1. The fraction of sp³-hybridized carbons (Fsp3) is 0.800. The summed E-state index contributed by atoms with van der Waals surface area (Å²) in [7, 11) is 0. The van der Waals surface area contributed by atoms with Crippen LogP contribution >= 0.6 is 0 Å². The van der Waals surface area contributed by atoms with Crippen LogP contribution in [0.4, 0.5) is 4.79 Å². The molecule has 0 bridgehead atoms. The molecule has 0 fully saturated rings. The molecule has 0 heterocycles. The zero-order valence-corrected chi connectivity index (χ0v) is 8.17. The van der Waals surface area contributed by atoms with Gasteiger partial charge in [-0.05, 0) is 0 Å². The first kappa shape index (κ1) is 8.29. The SMILES string of the molecule is CC(C)(C)O[C](=O)[SbH]. The Morgan fingerprint density at radius 3 is 1.88 bits per heavy atom. The molecule has 3 heteroatoms. The minimum atomic E-state index is -0.305. The second-order valence-electron chi connectivity index (χ2n) is 2.50. The Morgan fingerprint density at radius 1 is 1.50 bits per heavy atom. The van der Waals surface area contributed by atoms with Crippen LogP contribution in [-0.4, -0.2) is 32.5 Å². The van der Waals surface area contributed by atoms with Crippen LogP contribution < -0.4 is 0 Å². The van der Waals surface area contributed by atoms with Gasteiger partial charge in [0.25, 0.3) is 0 Å². The molecule has 0 aromatic heterocycles. The molecule has 0 unspecified atom stereocenters. The molecule has 0 atom stereocenters. The molecule has 0 rings (SSSR count). The van der Waals surface area contributed by atoms with Gasteiger partial charge < -0.3 is 0 Å². The molecule has 0 aromatic rings. The van der Waals surface area contributed by atoms with Crippen LogP contribution in [0.15, 0.2) is 0 Å². The third-order valence-corrected chi connectivity index (χ3v) is 0.690. The Balaban J connectivity index is 3.55. The molecule has 0 aliphatic rings. The van der Waals surface area contributed by atoms with Gasteiger partial charge in [0.1, 0.15) is 0 Å². The van der Waals surface area contributed by atoms with E-state index >= 15 is 0 Å². The maximum atomic E-state index is 10.3. The molecule has 0 aromatic carbocycles. The van der Waals surface area contributed by atoms with Gasteiger partial charge in [-0.25, -0.2) is 0 Å². The molecular weight excluding hydrogens is 214 g/mol. The molecule has 0 aliphatic carbocycles. The number of ether oxygens (including phenoxy) is 1. The van der Waals surface area contributed by atoms with E-state index in [1.807, 2.05) is 20.8 Å². The molecule has 0 spiro atoms. The first-order chi connectivity index (χ1) is 3.42. The van der Waals surface area contributed by atoms with Gasteiger partial charge in [0.2, 0.25) is 0 Å². The van der Waals surface area contributed by atoms with Crippen LogP contribution in [0.3, 0.4) is 0 Å². The van der Waals surface area contributed by atoms with Gasteiger partial charge in [-0.3, -0.25) is 0 Å². The molecule has 1 radical (unpaired) electrons. The molecular formula is C5H10O2Sb. The van der Waals surface area contributed by atoms with Crippen LogP contribution in [0.1, 0.15) is 20.8 Å². The van der Waals surface area contributed by atoms with Crippen molar-refractivity contribution >= 4 is 26.9 Å². The van der Waals surface area contributed by atoms with Crippen molar-refractivity contribution in [3.63, 3.8) is 0 Å². The molecule has 0 N–H and O–H groups in total. The zero-order chi connectivity index (χ0) is 6.78. The summed E-state index contributed by atoms with van der Waals surface area (Å²) in [5, 5.41) is 0. The van der Waals surface area contributed by atoms with Crippen LogP contribution in [-0.2, 0) is 4.74 Å². The third kappa shape index (κ3) is 6.29. The van der Waals surface area contributed by atoms with Crippen LogP contribution in [0.25, 0.3) is 0 Å². The van der Waals surface area contributed by atoms with E-state index in [9.17, 15) is 4.79 Å². The minimum absolute atomic E-state index is 0.135. The van der Waals surface area contributed by atoms with Crippen molar-refractivity contribution < 1.29 is 9.53 Å². The third-order valence-electron chi connectivity index (χ3n) is 0.399. The summed E-state index contributed by atoms with van der Waals surface area (Å²) in [6.07, 6.45) is 0. The first-order valence-corrected chi connectivity index (χ1v) is 3.79. The number of hydrogen-bond donors (Lipinski definition) is 0. The summed E-state index contributed by atoms with van der Waals surface area (Å²) in [6.45, 7) is 5.57. The van der Waals surface area contributed by atoms with Gasteiger partial charge in [-0.2, -0.15) is 0 Å². The van der Waals surface area contributed by atoms with Gasteiger partial charge in [-0.1, -0.05) is 0 Å².